The molecular weight excluding hydrogens is 268 g/mol. The van der Waals surface area contributed by atoms with Gasteiger partial charge in [0.25, 0.3) is 0 Å². The molecule has 0 atom stereocenters. The molecule has 3 heteroatoms. The minimum atomic E-state index is 0.783. The van der Waals surface area contributed by atoms with E-state index in [0.717, 1.165) is 30.1 Å². The molecule has 0 spiro atoms. The summed E-state index contributed by atoms with van der Waals surface area (Å²) < 4.78 is 0. The van der Waals surface area contributed by atoms with Crippen LogP contribution in [-0.2, 0) is 19.4 Å². The van der Waals surface area contributed by atoms with Crippen molar-refractivity contribution in [2.45, 2.75) is 39.2 Å². The van der Waals surface area contributed by atoms with Gasteiger partial charge in [-0.25, -0.2) is 0 Å². The Kier molecular flexibility index (Phi) is 3.93. The van der Waals surface area contributed by atoms with Crippen LogP contribution in [-0.4, -0.2) is 4.98 Å². The molecule has 0 amide bonds. The minimum absolute atomic E-state index is 0.783. The van der Waals surface area contributed by atoms with Crippen LogP contribution >= 0.6 is 11.6 Å². The summed E-state index contributed by atoms with van der Waals surface area (Å²) in [5.41, 5.74) is 6.30. The summed E-state index contributed by atoms with van der Waals surface area (Å²) in [7, 11) is 0. The first-order valence-corrected chi connectivity index (χ1v) is 7.58. The SMILES string of the molecule is Cc1cc(NCc2ccc(Cl)cc2)c2c(n1)CCCC2. The Hall–Kier alpha value is -1.54. The van der Waals surface area contributed by atoms with Gasteiger partial charge in [-0.05, 0) is 61.9 Å². The fourth-order valence-electron chi connectivity index (χ4n) is 2.80. The van der Waals surface area contributed by atoms with Gasteiger partial charge in [-0.1, -0.05) is 23.7 Å². The number of nitrogens with one attached hydrogen (secondary N) is 1. The average molecular weight is 287 g/mol. The molecule has 1 aliphatic carbocycles. The van der Waals surface area contributed by atoms with Crippen molar-refractivity contribution in [3.05, 3.63) is 57.9 Å². The standard InChI is InChI=1S/C17H19ClN2/c1-12-10-17(15-4-2-3-5-16(15)20-12)19-11-13-6-8-14(18)9-7-13/h6-10H,2-5,11H2,1H3,(H,19,20). The van der Waals surface area contributed by atoms with Gasteiger partial charge in [-0.3, -0.25) is 4.98 Å². The largest absolute Gasteiger partial charge is 0.381 e. The summed E-state index contributed by atoms with van der Waals surface area (Å²) in [6.07, 6.45) is 4.80. The van der Waals surface area contributed by atoms with Crippen LogP contribution in [0.3, 0.4) is 0 Å². The van der Waals surface area contributed by atoms with Gasteiger partial charge in [0.05, 0.1) is 0 Å². The molecule has 2 nitrogen and oxygen atoms in total. The lowest BCUT2D eigenvalue weighted by atomic mass is 9.94. The molecule has 0 aliphatic heterocycles. The summed E-state index contributed by atoms with van der Waals surface area (Å²) in [6, 6.07) is 10.2. The van der Waals surface area contributed by atoms with Gasteiger partial charge in [0.2, 0.25) is 0 Å². The van der Waals surface area contributed by atoms with Gasteiger partial charge in [0.1, 0.15) is 0 Å². The van der Waals surface area contributed by atoms with Crippen molar-refractivity contribution in [3.63, 3.8) is 0 Å². The van der Waals surface area contributed by atoms with E-state index in [0.29, 0.717) is 0 Å². The quantitative estimate of drug-likeness (QED) is 0.896. The van der Waals surface area contributed by atoms with Gasteiger partial charge in [-0.2, -0.15) is 0 Å². The van der Waals surface area contributed by atoms with Gasteiger partial charge < -0.3 is 5.32 Å². The zero-order valence-electron chi connectivity index (χ0n) is 11.7. The molecule has 1 heterocycles. The summed E-state index contributed by atoms with van der Waals surface area (Å²) in [5.74, 6) is 0. The highest BCUT2D eigenvalue weighted by Crippen LogP contribution is 2.27. The molecule has 3 rings (SSSR count). The Labute approximate surface area is 125 Å². The number of rotatable bonds is 3. The molecular formula is C17H19ClN2. The monoisotopic (exact) mass is 286 g/mol. The highest BCUT2D eigenvalue weighted by Gasteiger charge is 2.15. The summed E-state index contributed by atoms with van der Waals surface area (Å²) in [4.78, 5) is 4.68. The Balaban J connectivity index is 1.80. The first-order chi connectivity index (χ1) is 9.72. The third kappa shape index (κ3) is 2.96. The Bertz CT molecular complexity index is 605. The predicted octanol–water partition coefficient (Wildman–Crippen LogP) is 4.53. The second-order valence-corrected chi connectivity index (χ2v) is 5.86. The number of pyridine rings is 1. The number of halogens is 1. The minimum Gasteiger partial charge on any atom is -0.381 e. The van der Waals surface area contributed by atoms with Crippen LogP contribution in [0.4, 0.5) is 5.69 Å². The first-order valence-electron chi connectivity index (χ1n) is 7.20. The van der Waals surface area contributed by atoms with Crippen LogP contribution in [0.5, 0.6) is 0 Å². The van der Waals surface area contributed by atoms with Crippen molar-refractivity contribution in [1.29, 1.82) is 0 Å². The number of benzene rings is 1. The van der Waals surface area contributed by atoms with E-state index in [1.54, 1.807) is 0 Å². The smallest absolute Gasteiger partial charge is 0.0459 e. The van der Waals surface area contributed by atoms with E-state index < -0.39 is 0 Å². The second kappa shape index (κ2) is 5.84. The topological polar surface area (TPSA) is 24.9 Å². The van der Waals surface area contributed by atoms with Gasteiger partial charge in [-0.15, -0.1) is 0 Å². The van der Waals surface area contributed by atoms with E-state index in [4.69, 9.17) is 11.6 Å². The maximum Gasteiger partial charge on any atom is 0.0459 e. The summed E-state index contributed by atoms with van der Waals surface area (Å²) in [5, 5.41) is 4.35. The Morgan fingerprint density at radius 2 is 1.90 bits per heavy atom. The molecule has 0 saturated carbocycles. The van der Waals surface area contributed by atoms with Crippen LogP contribution in [0.2, 0.25) is 5.02 Å². The molecule has 1 aromatic carbocycles. The average Bonchev–Trinajstić information content (AvgIpc) is 2.46. The van der Waals surface area contributed by atoms with Crippen molar-refractivity contribution in [2.24, 2.45) is 0 Å². The molecule has 0 radical (unpaired) electrons. The molecule has 0 unspecified atom stereocenters. The second-order valence-electron chi connectivity index (χ2n) is 5.42. The third-order valence-electron chi connectivity index (χ3n) is 3.82. The Morgan fingerprint density at radius 3 is 2.70 bits per heavy atom. The lowest BCUT2D eigenvalue weighted by Gasteiger charge is -2.20. The van der Waals surface area contributed by atoms with E-state index in [1.807, 2.05) is 12.1 Å². The third-order valence-corrected chi connectivity index (χ3v) is 4.08. The lowest BCUT2D eigenvalue weighted by molar-refractivity contribution is 0.666. The van der Waals surface area contributed by atoms with Gasteiger partial charge in [0, 0.05) is 28.6 Å². The van der Waals surface area contributed by atoms with Crippen LogP contribution < -0.4 is 5.32 Å². The van der Waals surface area contributed by atoms with Crippen LogP contribution in [0.1, 0.15) is 35.4 Å². The highest BCUT2D eigenvalue weighted by molar-refractivity contribution is 6.30. The highest BCUT2D eigenvalue weighted by atomic mass is 35.5. The fourth-order valence-corrected chi connectivity index (χ4v) is 2.93. The molecule has 1 aromatic heterocycles. The number of nitrogens with zero attached hydrogens (tertiary/aromatic N) is 1. The maximum atomic E-state index is 5.92. The molecule has 20 heavy (non-hydrogen) atoms. The first kappa shape index (κ1) is 13.4. The molecule has 104 valence electrons. The van der Waals surface area contributed by atoms with E-state index in [-0.39, 0.29) is 0 Å². The maximum absolute atomic E-state index is 5.92. The van der Waals surface area contributed by atoms with Crippen LogP contribution in [0.15, 0.2) is 30.3 Å². The number of aryl methyl sites for hydroxylation is 2. The molecule has 2 aromatic rings. The van der Waals surface area contributed by atoms with Crippen LogP contribution in [0, 0.1) is 6.92 Å². The summed E-state index contributed by atoms with van der Waals surface area (Å²) >= 11 is 5.92. The normalized spacial score (nSPS) is 13.9. The number of aromatic nitrogens is 1. The lowest BCUT2D eigenvalue weighted by Crippen LogP contribution is -2.11. The van der Waals surface area contributed by atoms with E-state index in [9.17, 15) is 0 Å². The van der Waals surface area contributed by atoms with E-state index in [1.165, 1.54) is 35.3 Å². The number of fused-ring (bicyclic) bond motifs is 1. The van der Waals surface area contributed by atoms with E-state index >= 15 is 0 Å². The van der Waals surface area contributed by atoms with Crippen LogP contribution in [0.25, 0.3) is 0 Å². The molecule has 0 fully saturated rings. The van der Waals surface area contributed by atoms with Crippen molar-refractivity contribution >= 4 is 17.3 Å². The van der Waals surface area contributed by atoms with E-state index in [2.05, 4.69) is 35.4 Å². The molecule has 1 aliphatic rings. The molecule has 0 bridgehead atoms. The molecule has 0 saturated heterocycles. The predicted molar refractivity (Wildman–Crippen MR) is 84.4 cm³/mol. The number of hydrogen-bond donors (Lipinski definition) is 1. The van der Waals surface area contributed by atoms with Gasteiger partial charge in [0.15, 0.2) is 0 Å². The van der Waals surface area contributed by atoms with Gasteiger partial charge >= 0.3 is 0 Å². The zero-order valence-corrected chi connectivity index (χ0v) is 12.5. The van der Waals surface area contributed by atoms with Crippen molar-refractivity contribution in [3.8, 4) is 0 Å². The summed E-state index contributed by atoms with van der Waals surface area (Å²) in [6.45, 7) is 2.90. The number of anilines is 1. The molecule has 1 N–H and O–H groups in total. The van der Waals surface area contributed by atoms with Crippen molar-refractivity contribution in [1.82, 2.24) is 4.98 Å². The van der Waals surface area contributed by atoms with Crippen molar-refractivity contribution in [2.75, 3.05) is 5.32 Å². The Morgan fingerprint density at radius 1 is 1.15 bits per heavy atom. The fraction of sp³-hybridized carbons (Fsp3) is 0.353. The zero-order chi connectivity index (χ0) is 13.9. The number of hydrogen-bond acceptors (Lipinski definition) is 2. The van der Waals surface area contributed by atoms with Crippen molar-refractivity contribution < 1.29 is 0 Å².